The van der Waals surface area contributed by atoms with Crippen molar-refractivity contribution >= 4 is 88.2 Å². The van der Waals surface area contributed by atoms with Crippen LogP contribution in [0.1, 0.15) is 51.1 Å². The van der Waals surface area contributed by atoms with Crippen LogP contribution in [0.15, 0.2) is 59.2 Å². The quantitative estimate of drug-likeness (QED) is 0.0106. The Labute approximate surface area is 501 Å². The lowest BCUT2D eigenvalue weighted by molar-refractivity contribution is -0.746. The van der Waals surface area contributed by atoms with Gasteiger partial charge in [-0.05, 0) is 11.5 Å². The number of benzene rings is 1. The van der Waals surface area contributed by atoms with Gasteiger partial charge in [0.05, 0.1) is 56.1 Å². The average molecular weight is 1350 g/mol. The van der Waals surface area contributed by atoms with Gasteiger partial charge in [-0.2, -0.15) is 13.6 Å². The zero-order valence-electron chi connectivity index (χ0n) is 46.7. The number of nitrogens with two attached hydrogens (primary N) is 3. The molecule has 6 aromatic heterocycles. The van der Waals surface area contributed by atoms with Crippen LogP contribution in [0, 0.1) is 15.5 Å². The lowest BCUT2D eigenvalue weighted by atomic mass is 9.84. The Balaban J connectivity index is 0.809. The summed E-state index contributed by atoms with van der Waals surface area (Å²) in [6.07, 6.45) is -18.4. The lowest BCUT2D eigenvalue weighted by Gasteiger charge is -2.31. The monoisotopic (exact) mass is 1350 g/mol. The van der Waals surface area contributed by atoms with Crippen molar-refractivity contribution in [1.82, 2.24) is 53.6 Å². The SMILES string of the molecule is Cn1c[n+]([C@@H]2O[C@H](COP(=O)(O)OP(=O)(O)OP(=O)(O)OC[C@H]3O[C@@H](n4cnc5c(N)ncnc54)C(O)[C@H]3OP(=O)(O)OC[C@H]3O[C@@H](n4cnc5c(=O)[nH]c(N)nc54)C(O)[C@H]3O)[C@H](O)C2OCOC(c2ccccc2[N+](=O)[O-])C(C)(C)C)c2nc(N)[nH]c(=O)c21. The van der Waals surface area contributed by atoms with Gasteiger partial charge < -0.3 is 80.9 Å². The highest BCUT2D eigenvalue weighted by atomic mass is 31.3. The molecule has 0 spiro atoms. The summed E-state index contributed by atoms with van der Waals surface area (Å²) in [7, 11) is -22.5. The van der Waals surface area contributed by atoms with Crippen molar-refractivity contribution in [3.63, 3.8) is 0 Å². The second-order valence-electron chi connectivity index (χ2n) is 21.2. The third kappa shape index (κ3) is 13.8. The normalized spacial score (nSPS) is 27.9. The molecule has 3 aliphatic heterocycles. The van der Waals surface area contributed by atoms with E-state index >= 15 is 0 Å². The van der Waals surface area contributed by atoms with Crippen molar-refractivity contribution in [2.45, 2.75) is 100 Å². The number of nitro benzene ring substituents is 1. The molecule has 3 fully saturated rings. The number of para-hydroxylation sites is 1. The van der Waals surface area contributed by atoms with Gasteiger partial charge in [-0.1, -0.05) is 37.9 Å². The predicted molar refractivity (Wildman–Crippen MR) is 294 cm³/mol. The van der Waals surface area contributed by atoms with Crippen molar-refractivity contribution in [3.8, 4) is 0 Å². The van der Waals surface area contributed by atoms with Gasteiger partial charge in [0.15, 0.2) is 41.4 Å². The Morgan fingerprint density at radius 1 is 0.722 bits per heavy atom. The Morgan fingerprint density at radius 3 is 1.97 bits per heavy atom. The molecule has 10 rings (SSSR count). The van der Waals surface area contributed by atoms with Crippen molar-refractivity contribution in [2.75, 3.05) is 43.8 Å². The summed E-state index contributed by atoms with van der Waals surface area (Å²) in [5.74, 6) is -0.837. The molecule has 0 aliphatic carbocycles. The number of aromatic nitrogens is 12. The van der Waals surface area contributed by atoms with E-state index in [2.05, 4.69) is 48.5 Å². The number of nitrogens with zero attached hydrogens (tertiary/aromatic N) is 11. The fraction of sp³-hybridized carbons (Fsp3) is 0.512. The number of aliphatic hydroxyl groups is 4. The number of phosphoric acid groups is 4. The minimum Gasteiger partial charge on any atom is -0.387 e. The number of aliphatic hydroxyl groups excluding tert-OH is 4. The molecule has 47 heteroatoms. The van der Waals surface area contributed by atoms with Gasteiger partial charge in [0.1, 0.15) is 73.6 Å². The molecule has 17 atom stereocenters. The van der Waals surface area contributed by atoms with Gasteiger partial charge in [-0.15, -0.1) is 0 Å². The molecule has 43 nitrogen and oxygen atoms in total. The highest BCUT2D eigenvalue weighted by Gasteiger charge is 2.54. The van der Waals surface area contributed by atoms with Gasteiger partial charge in [-0.25, -0.2) is 42.8 Å². The van der Waals surface area contributed by atoms with Crippen molar-refractivity contribution in [3.05, 3.63) is 86.0 Å². The largest absolute Gasteiger partial charge is 0.490 e. The van der Waals surface area contributed by atoms with Crippen LogP contribution in [0.3, 0.4) is 0 Å². The highest BCUT2D eigenvalue weighted by molar-refractivity contribution is 7.66. The zero-order chi connectivity index (χ0) is 65.3. The fourth-order valence-corrected chi connectivity index (χ4v) is 14.6. The van der Waals surface area contributed by atoms with E-state index < -0.39 is 159 Å². The Bertz CT molecular complexity index is 4180. The molecular weight excluding hydrogens is 1300 g/mol. The van der Waals surface area contributed by atoms with Crippen LogP contribution in [0.2, 0.25) is 0 Å². The molecule has 16 N–H and O–H groups in total. The second-order valence-corrected chi connectivity index (χ2v) is 27.3. The number of aromatic amines is 2. The van der Waals surface area contributed by atoms with Crippen LogP contribution in [0.25, 0.3) is 33.5 Å². The molecule has 7 aromatic rings. The van der Waals surface area contributed by atoms with Crippen LogP contribution in [0.5, 0.6) is 0 Å². The van der Waals surface area contributed by atoms with Crippen molar-refractivity contribution in [1.29, 1.82) is 0 Å². The number of nitrogen functional groups attached to an aromatic ring is 3. The lowest BCUT2D eigenvalue weighted by Crippen LogP contribution is -2.47. The number of phosphoric ester groups is 3. The zero-order valence-corrected chi connectivity index (χ0v) is 50.3. The van der Waals surface area contributed by atoms with E-state index in [0.717, 1.165) is 28.1 Å². The maximum atomic E-state index is 13.6. The first-order valence-electron chi connectivity index (χ1n) is 26.1. The first-order chi connectivity index (χ1) is 42.1. The molecular formula is C43H57N16O27P4+. The van der Waals surface area contributed by atoms with Gasteiger partial charge in [-0.3, -0.25) is 61.5 Å². The van der Waals surface area contributed by atoms with Crippen molar-refractivity contribution in [2.24, 2.45) is 12.5 Å². The molecule has 0 bridgehead atoms. The van der Waals surface area contributed by atoms with Crippen LogP contribution < -0.4 is 32.9 Å². The highest BCUT2D eigenvalue weighted by Crippen LogP contribution is 2.68. The summed E-state index contributed by atoms with van der Waals surface area (Å²) in [4.78, 5) is 108. The van der Waals surface area contributed by atoms with E-state index in [1.54, 1.807) is 26.8 Å². The molecule has 0 saturated carbocycles. The number of hydrogen-bond donors (Lipinski definition) is 13. The minimum absolute atomic E-state index is 0.0339. The Morgan fingerprint density at radius 2 is 1.30 bits per heavy atom. The number of ether oxygens (including phenoxy) is 5. The third-order valence-electron chi connectivity index (χ3n) is 14.0. The first kappa shape index (κ1) is 66.4. The van der Waals surface area contributed by atoms with Crippen molar-refractivity contribution < 1.29 is 118 Å². The second kappa shape index (κ2) is 25.1. The smallest absolute Gasteiger partial charge is 0.387 e. The minimum atomic E-state index is -6.33. The first-order valence-corrected chi connectivity index (χ1v) is 32.0. The third-order valence-corrected chi connectivity index (χ3v) is 19.2. The van der Waals surface area contributed by atoms with E-state index in [1.807, 2.05) is 0 Å². The number of H-pyrrole nitrogens is 2. The summed E-state index contributed by atoms with van der Waals surface area (Å²) in [6.45, 7) is 0.825. The fourth-order valence-electron chi connectivity index (χ4n) is 10.1. The van der Waals surface area contributed by atoms with Gasteiger partial charge in [0, 0.05) is 6.07 Å². The van der Waals surface area contributed by atoms with E-state index in [9.17, 15) is 78.0 Å². The molecule has 0 amide bonds. The average Bonchev–Trinajstić information content (AvgIpc) is 1.62. The van der Waals surface area contributed by atoms with Gasteiger partial charge in [0.2, 0.25) is 17.7 Å². The van der Waals surface area contributed by atoms with Crippen LogP contribution >= 0.6 is 31.3 Å². The number of fused-ring (bicyclic) bond motifs is 3. The Kier molecular flexibility index (Phi) is 18.5. The maximum Gasteiger partial charge on any atom is 0.490 e. The Hall–Kier alpha value is -6.57. The molecule has 9 heterocycles. The number of nitrogens with one attached hydrogen (secondary N) is 2. The maximum absolute atomic E-state index is 13.6. The molecule has 490 valence electrons. The number of nitro groups is 1. The number of anilines is 3. The molecule has 3 saturated heterocycles. The number of imidazole rings is 3. The summed E-state index contributed by atoms with van der Waals surface area (Å²) in [5.41, 5.74) is 14.3. The molecule has 0 radical (unpaired) electrons. The van der Waals surface area contributed by atoms with Crippen LogP contribution in [0.4, 0.5) is 23.4 Å². The predicted octanol–water partition coefficient (Wildman–Crippen LogP) is -1.67. The summed E-state index contributed by atoms with van der Waals surface area (Å²) in [5, 5.41) is 57.1. The molecule has 90 heavy (non-hydrogen) atoms. The molecule has 8 unspecified atom stereocenters. The molecule has 3 aliphatic rings. The van der Waals surface area contributed by atoms with Crippen LogP contribution in [-0.2, 0) is 75.7 Å². The van der Waals surface area contributed by atoms with Crippen LogP contribution in [-0.4, -0.2) is 180 Å². The molecule has 1 aromatic carbocycles. The van der Waals surface area contributed by atoms with E-state index in [0.29, 0.717) is 0 Å². The number of rotatable bonds is 24. The number of hydrogen-bond acceptors (Lipinski definition) is 32. The summed E-state index contributed by atoms with van der Waals surface area (Å²) < 4.78 is 116. The van der Waals surface area contributed by atoms with E-state index in [-0.39, 0.29) is 62.5 Å². The number of aryl methyl sites for hydroxylation is 1. The summed E-state index contributed by atoms with van der Waals surface area (Å²) >= 11 is 0. The standard InChI is InChI=1S/C43H56N16O27P4/c1-43(2,3)31(17-7-5-6-8-18(17)59(66)67)77-16-76-30-26(61)20(82-40(30)58-15-55(4)24-35(58)52-42(46)54-37(24)65)10-79-88(70,71)85-90(74,75)86-89(72,73)80-11-21-29(28(63)39(83-21)56-13-49-22-32(44)47-12-48-33(22)56)84-87(68,69)78-9-19-25(60)27(62)38(81-19)57-14-50-23-34(57)51-41(45)53-36(23)64/h5-8,12-15,19-21,25-31,38-40,60-63H,9-11,16H2,1-4H3,(H11-,44,45,46,47,48,51,52,53,54,64,65,68,69,70,71,72,73,74,75)/p+1/t19-,20-,21-,25+,26+,27?,28?,29+,30?,31?,38-,39-,40-/m1/s1. The van der Waals surface area contributed by atoms with Gasteiger partial charge in [0.25, 0.3) is 22.8 Å². The topological polar surface area (TPSA) is 615 Å². The van der Waals surface area contributed by atoms with Gasteiger partial charge >= 0.3 is 36.9 Å². The summed E-state index contributed by atoms with van der Waals surface area (Å²) in [6, 6.07) is 5.76. The van der Waals surface area contributed by atoms with E-state index in [1.165, 1.54) is 40.7 Å². The van der Waals surface area contributed by atoms with E-state index in [4.69, 9.17) is 59.0 Å².